The Balaban J connectivity index is 1.74. The van der Waals surface area contributed by atoms with E-state index in [1.54, 1.807) is 6.07 Å². The molecule has 21 heavy (non-hydrogen) atoms. The second kappa shape index (κ2) is 6.04. The van der Waals surface area contributed by atoms with Gasteiger partial charge in [0.2, 0.25) is 0 Å². The van der Waals surface area contributed by atoms with Crippen molar-refractivity contribution in [3.8, 4) is 5.75 Å². The van der Waals surface area contributed by atoms with E-state index in [0.717, 1.165) is 16.9 Å². The molecule has 2 aromatic rings. The van der Waals surface area contributed by atoms with Gasteiger partial charge in [-0.3, -0.25) is 0 Å². The first-order chi connectivity index (χ1) is 10.2. The zero-order valence-corrected chi connectivity index (χ0v) is 12.2. The van der Waals surface area contributed by atoms with E-state index in [2.05, 4.69) is 0 Å². The van der Waals surface area contributed by atoms with Crippen LogP contribution >= 0.6 is 11.6 Å². The normalized spacial score (nSPS) is 18.1. The summed E-state index contributed by atoms with van der Waals surface area (Å²) in [4.78, 5) is 0. The number of ether oxygens (including phenoxy) is 1. The number of hydrogen-bond donors (Lipinski definition) is 1. The molecular formula is C17H16ClFO2. The highest BCUT2D eigenvalue weighted by Gasteiger charge is 2.27. The van der Waals surface area contributed by atoms with E-state index in [1.807, 2.05) is 24.3 Å². The van der Waals surface area contributed by atoms with Gasteiger partial charge in [-0.25, -0.2) is 4.39 Å². The average molecular weight is 307 g/mol. The maximum atomic E-state index is 13.2. The lowest BCUT2D eigenvalue weighted by molar-refractivity contribution is 0.179. The Morgan fingerprint density at radius 2 is 2.10 bits per heavy atom. The summed E-state index contributed by atoms with van der Waals surface area (Å²) < 4.78 is 19.1. The van der Waals surface area contributed by atoms with Crippen LogP contribution in [0.1, 0.15) is 23.5 Å². The Labute approximate surface area is 128 Å². The number of benzene rings is 2. The van der Waals surface area contributed by atoms with Crippen LogP contribution in [0.5, 0.6) is 5.75 Å². The summed E-state index contributed by atoms with van der Waals surface area (Å²) in [6.45, 7) is 0.00823. The van der Waals surface area contributed by atoms with Crippen molar-refractivity contribution in [3.63, 3.8) is 0 Å². The van der Waals surface area contributed by atoms with Crippen LogP contribution in [0.2, 0.25) is 5.02 Å². The van der Waals surface area contributed by atoms with Gasteiger partial charge in [0.25, 0.3) is 0 Å². The van der Waals surface area contributed by atoms with Crippen LogP contribution in [0.25, 0.3) is 0 Å². The van der Waals surface area contributed by atoms with Gasteiger partial charge in [-0.15, -0.1) is 0 Å². The van der Waals surface area contributed by atoms with E-state index in [9.17, 15) is 9.50 Å². The lowest BCUT2D eigenvalue weighted by atomic mass is 9.92. The summed E-state index contributed by atoms with van der Waals surface area (Å²) in [6.07, 6.45) is 1.25. The van der Waals surface area contributed by atoms with Crippen molar-refractivity contribution >= 4 is 11.6 Å². The third-order valence-corrected chi connectivity index (χ3v) is 4.22. The molecule has 0 aromatic heterocycles. The highest BCUT2D eigenvalue weighted by Crippen LogP contribution is 2.35. The van der Waals surface area contributed by atoms with Gasteiger partial charge in [0.1, 0.15) is 17.7 Å². The lowest BCUT2D eigenvalue weighted by Crippen LogP contribution is -2.19. The number of aliphatic hydroxyl groups excluding tert-OH is 1. The van der Waals surface area contributed by atoms with Gasteiger partial charge < -0.3 is 9.84 Å². The molecule has 2 aromatic carbocycles. The van der Waals surface area contributed by atoms with Crippen LogP contribution in [0.15, 0.2) is 42.5 Å². The number of halogens is 2. The fourth-order valence-corrected chi connectivity index (χ4v) is 3.13. The fourth-order valence-electron chi connectivity index (χ4n) is 2.84. The molecule has 1 heterocycles. The molecule has 0 radical (unpaired) electrons. The topological polar surface area (TPSA) is 29.5 Å². The zero-order valence-electron chi connectivity index (χ0n) is 11.4. The maximum absolute atomic E-state index is 13.2. The summed E-state index contributed by atoms with van der Waals surface area (Å²) in [5, 5.41) is 10.3. The van der Waals surface area contributed by atoms with Crippen molar-refractivity contribution in [2.75, 3.05) is 6.61 Å². The Morgan fingerprint density at radius 1 is 1.29 bits per heavy atom. The molecule has 0 amide bonds. The number of rotatable bonds is 4. The quantitative estimate of drug-likeness (QED) is 0.927. The van der Waals surface area contributed by atoms with Crippen molar-refractivity contribution in [3.05, 3.63) is 64.4 Å². The SMILES string of the molecule is OCC(CC1Cc2cc(F)ccc2O1)c1ccccc1Cl. The number of aliphatic hydroxyl groups is 1. The molecule has 0 bridgehead atoms. The van der Waals surface area contributed by atoms with Crippen LogP contribution in [0, 0.1) is 5.82 Å². The van der Waals surface area contributed by atoms with Gasteiger partial charge in [-0.2, -0.15) is 0 Å². The molecule has 2 unspecified atom stereocenters. The highest BCUT2D eigenvalue weighted by molar-refractivity contribution is 6.31. The molecule has 0 aliphatic carbocycles. The van der Waals surface area contributed by atoms with Gasteiger partial charge in [-0.1, -0.05) is 29.8 Å². The monoisotopic (exact) mass is 306 g/mol. The molecule has 2 nitrogen and oxygen atoms in total. The molecule has 1 aliphatic heterocycles. The predicted octanol–water partition coefficient (Wildman–Crippen LogP) is 3.95. The number of fused-ring (bicyclic) bond motifs is 1. The maximum Gasteiger partial charge on any atom is 0.123 e. The van der Waals surface area contributed by atoms with E-state index in [1.165, 1.54) is 12.1 Å². The fraction of sp³-hybridized carbons (Fsp3) is 0.294. The molecule has 1 aliphatic rings. The third-order valence-electron chi connectivity index (χ3n) is 3.88. The molecule has 0 fully saturated rings. The Bertz CT molecular complexity index is 644. The van der Waals surface area contributed by atoms with Gasteiger partial charge in [0, 0.05) is 22.9 Å². The van der Waals surface area contributed by atoms with Crippen molar-refractivity contribution in [1.29, 1.82) is 0 Å². The minimum Gasteiger partial charge on any atom is -0.490 e. The first-order valence-corrected chi connectivity index (χ1v) is 7.35. The van der Waals surface area contributed by atoms with Crippen LogP contribution in [-0.4, -0.2) is 17.8 Å². The third kappa shape index (κ3) is 3.04. The molecule has 0 saturated carbocycles. The summed E-state index contributed by atoms with van der Waals surface area (Å²) in [6, 6.07) is 12.1. The van der Waals surface area contributed by atoms with E-state index in [-0.39, 0.29) is 24.4 Å². The lowest BCUT2D eigenvalue weighted by Gasteiger charge is -2.20. The van der Waals surface area contributed by atoms with Gasteiger partial charge >= 0.3 is 0 Å². The largest absolute Gasteiger partial charge is 0.490 e. The second-order valence-corrected chi connectivity index (χ2v) is 5.74. The van der Waals surface area contributed by atoms with Crippen molar-refractivity contribution in [1.82, 2.24) is 0 Å². The van der Waals surface area contributed by atoms with E-state index in [0.29, 0.717) is 17.9 Å². The van der Waals surface area contributed by atoms with Crippen molar-refractivity contribution in [2.24, 2.45) is 0 Å². The van der Waals surface area contributed by atoms with Crippen molar-refractivity contribution < 1.29 is 14.2 Å². The standard InChI is InChI=1S/C17H16ClFO2/c18-16-4-2-1-3-15(16)12(10-20)9-14-8-11-7-13(19)5-6-17(11)21-14/h1-7,12,14,20H,8-10H2. The van der Waals surface area contributed by atoms with Gasteiger partial charge in [0.15, 0.2) is 0 Å². The van der Waals surface area contributed by atoms with Crippen LogP contribution in [0.3, 0.4) is 0 Å². The predicted molar refractivity (Wildman–Crippen MR) is 80.4 cm³/mol. The summed E-state index contributed by atoms with van der Waals surface area (Å²) in [5.74, 6) is 0.405. The van der Waals surface area contributed by atoms with E-state index >= 15 is 0 Å². The van der Waals surface area contributed by atoms with Crippen molar-refractivity contribution in [2.45, 2.75) is 24.9 Å². The zero-order chi connectivity index (χ0) is 14.8. The minimum atomic E-state index is -0.247. The summed E-state index contributed by atoms with van der Waals surface area (Å²) >= 11 is 6.19. The molecule has 0 saturated heterocycles. The molecule has 4 heteroatoms. The average Bonchev–Trinajstić information content (AvgIpc) is 2.87. The van der Waals surface area contributed by atoms with Crippen LogP contribution in [-0.2, 0) is 6.42 Å². The Kier molecular flexibility index (Phi) is 4.13. The molecule has 0 spiro atoms. The van der Waals surface area contributed by atoms with Crippen LogP contribution in [0.4, 0.5) is 4.39 Å². The smallest absolute Gasteiger partial charge is 0.123 e. The molecule has 110 valence electrons. The summed E-state index contributed by atoms with van der Waals surface area (Å²) in [5.41, 5.74) is 1.81. The minimum absolute atomic E-state index is 0.00823. The van der Waals surface area contributed by atoms with E-state index < -0.39 is 0 Å². The summed E-state index contributed by atoms with van der Waals surface area (Å²) in [7, 11) is 0. The highest BCUT2D eigenvalue weighted by atomic mass is 35.5. The molecule has 3 rings (SSSR count). The van der Waals surface area contributed by atoms with Gasteiger partial charge in [0.05, 0.1) is 6.61 Å². The first kappa shape index (κ1) is 14.4. The molecule has 2 atom stereocenters. The Morgan fingerprint density at radius 3 is 2.86 bits per heavy atom. The molecule has 1 N–H and O–H groups in total. The van der Waals surface area contributed by atoms with Crippen LogP contribution < -0.4 is 4.74 Å². The first-order valence-electron chi connectivity index (χ1n) is 6.97. The Hall–Kier alpha value is -1.58. The molecular weight excluding hydrogens is 291 g/mol. The van der Waals surface area contributed by atoms with E-state index in [4.69, 9.17) is 16.3 Å². The second-order valence-electron chi connectivity index (χ2n) is 5.33. The number of hydrogen-bond acceptors (Lipinski definition) is 2. The van der Waals surface area contributed by atoms with Gasteiger partial charge in [-0.05, 0) is 36.2 Å².